The lowest BCUT2D eigenvalue weighted by molar-refractivity contribution is -0.318. The number of methoxy groups -OCH3 is 1. The van der Waals surface area contributed by atoms with Crippen LogP contribution in [0, 0.1) is 46.3 Å². The number of fused-ring (bicyclic) bond motifs is 5. The number of nitrogens with zero attached hydrogens (tertiary/aromatic N) is 2. The lowest BCUT2D eigenvalue weighted by atomic mass is 9.46. The van der Waals surface area contributed by atoms with Gasteiger partial charge in [-0.3, -0.25) is 19.3 Å². The summed E-state index contributed by atoms with van der Waals surface area (Å²) in [6.45, 7) is 23.0. The fraction of sp³-hybridized carbons (Fsp3) is 0.885. The number of nitrogens with one attached hydrogen (secondary N) is 1. The van der Waals surface area contributed by atoms with Crippen molar-refractivity contribution in [3.8, 4) is 0 Å². The van der Waals surface area contributed by atoms with E-state index in [2.05, 4.69) is 5.32 Å². The van der Waals surface area contributed by atoms with Crippen molar-refractivity contribution in [2.24, 2.45) is 46.3 Å². The predicted molar refractivity (Wildman–Crippen MR) is 303 cm³/mol. The molecule has 0 bridgehead atoms. The number of halogens is 2. The van der Waals surface area contributed by atoms with Gasteiger partial charge in [0.2, 0.25) is 0 Å². The van der Waals surface area contributed by atoms with Crippen molar-refractivity contribution in [3.63, 3.8) is 0 Å². The first kappa shape index (κ1) is 67.3. The second kappa shape index (κ2) is 24.7. The van der Waals surface area contributed by atoms with Gasteiger partial charge in [-0.05, 0) is 136 Å². The van der Waals surface area contributed by atoms with Gasteiger partial charge in [-0.25, -0.2) is 4.39 Å². The molecule has 7 aliphatic rings. The fourth-order valence-electron chi connectivity index (χ4n) is 16.5. The molecule has 5 fully saturated rings. The summed E-state index contributed by atoms with van der Waals surface area (Å²) in [6, 6.07) is -1.18. The van der Waals surface area contributed by atoms with Crippen molar-refractivity contribution in [2.45, 2.75) is 255 Å². The molecule has 0 spiro atoms. The SMILES string of the molecule is CC[C@H]1OC(=O)[C@H](C)[C@@H](O[C@@H]2C[C@](C)(OC)[C@H](O)C(C)O2)[C@H](C)[C@@H](O[C@@H]2O[C@H](C)C[C@@H](N(C)C)[C@H]2O)[C@](C)(O)C[C@@H](C)CN(CCCNC(=O)[C@@]2(O)[C@H](C)CC3C4CC(F)=C5CC(=O)C=C[C@]5(C)[C@@]4(Cl)[C@@H](O)C[C@@]32C)[C@H](C)[C@@H](O)[C@]1(C)O. The van der Waals surface area contributed by atoms with E-state index >= 15 is 4.39 Å². The van der Waals surface area contributed by atoms with Crippen LogP contribution in [0.3, 0.4) is 0 Å². The molecular formula is C61H101ClFN3O16. The molecule has 19 nitrogen and oxygen atoms in total. The Morgan fingerprint density at radius 1 is 0.915 bits per heavy atom. The minimum absolute atomic E-state index is 0.0502. The Morgan fingerprint density at radius 3 is 2.20 bits per heavy atom. The normalized spacial score (nSPS) is 50.0. The molecule has 3 heterocycles. The molecule has 0 radical (unpaired) electrons. The highest BCUT2D eigenvalue weighted by molar-refractivity contribution is 6.26. The van der Waals surface area contributed by atoms with Crippen LogP contribution in [0.15, 0.2) is 23.6 Å². The quantitative estimate of drug-likeness (QED) is 0.0748. The number of cyclic esters (lactones) is 1. The van der Waals surface area contributed by atoms with Crippen molar-refractivity contribution in [3.05, 3.63) is 23.6 Å². The number of hydrogen-bond acceptors (Lipinski definition) is 18. The number of likely N-dealkylation sites (N-methyl/N-ethyl adjacent to an activating group) is 1. The van der Waals surface area contributed by atoms with E-state index < -0.39 is 153 Å². The monoisotopic (exact) mass is 1190 g/mol. The van der Waals surface area contributed by atoms with Crippen LogP contribution in [0.25, 0.3) is 0 Å². The van der Waals surface area contributed by atoms with E-state index in [4.69, 9.17) is 40.0 Å². The van der Waals surface area contributed by atoms with Gasteiger partial charge in [0.05, 0.1) is 52.5 Å². The molecule has 4 aliphatic carbocycles. The molecule has 82 heavy (non-hydrogen) atoms. The number of carbonyl (C=O) groups excluding carboxylic acids is 3. The third kappa shape index (κ3) is 11.8. The highest BCUT2D eigenvalue weighted by atomic mass is 35.5. The summed E-state index contributed by atoms with van der Waals surface area (Å²) in [4.78, 5) is 44.3. The molecular weight excluding hydrogens is 1090 g/mol. The van der Waals surface area contributed by atoms with Crippen LogP contribution in [0.4, 0.5) is 4.39 Å². The summed E-state index contributed by atoms with van der Waals surface area (Å²) < 4.78 is 54.5. The number of carbonyl (C=O) groups is 3. The molecule has 7 rings (SSSR count). The van der Waals surface area contributed by atoms with Crippen molar-refractivity contribution in [2.75, 3.05) is 40.8 Å². The highest BCUT2D eigenvalue weighted by Gasteiger charge is 2.75. The number of aliphatic hydroxyl groups excluding tert-OH is 4. The summed E-state index contributed by atoms with van der Waals surface area (Å²) in [6.07, 6.45) is -7.85. The van der Waals surface area contributed by atoms with Gasteiger partial charge in [0.1, 0.15) is 35.8 Å². The van der Waals surface area contributed by atoms with Crippen molar-refractivity contribution in [1.29, 1.82) is 0 Å². The van der Waals surface area contributed by atoms with Crippen LogP contribution in [0.1, 0.15) is 148 Å². The number of aliphatic hydroxyl groups is 7. The van der Waals surface area contributed by atoms with Gasteiger partial charge in [0, 0.05) is 74.8 Å². The average Bonchev–Trinajstić information content (AvgIpc) is 2.67. The number of ether oxygens (including phenoxy) is 6. The molecule has 3 saturated heterocycles. The second-order valence-electron chi connectivity index (χ2n) is 27.6. The number of esters is 1. The third-order valence-corrected chi connectivity index (χ3v) is 22.5. The molecule has 2 saturated carbocycles. The van der Waals surface area contributed by atoms with E-state index in [0.29, 0.717) is 12.8 Å². The number of allylic oxidation sites excluding steroid dienone is 4. The van der Waals surface area contributed by atoms with Gasteiger partial charge >= 0.3 is 5.97 Å². The predicted octanol–water partition coefficient (Wildman–Crippen LogP) is 4.69. The molecule has 0 aromatic rings. The molecule has 3 aliphatic heterocycles. The van der Waals surface area contributed by atoms with E-state index in [9.17, 15) is 50.1 Å². The van der Waals surface area contributed by atoms with Gasteiger partial charge in [-0.1, -0.05) is 47.6 Å². The summed E-state index contributed by atoms with van der Waals surface area (Å²) in [5.74, 6) is -6.27. The Balaban J connectivity index is 1.17. The maximum absolute atomic E-state index is 16.2. The van der Waals surface area contributed by atoms with Crippen LogP contribution < -0.4 is 5.32 Å². The fourth-order valence-corrected chi connectivity index (χ4v) is 17.0. The van der Waals surface area contributed by atoms with Gasteiger partial charge in [-0.2, -0.15) is 0 Å². The van der Waals surface area contributed by atoms with Gasteiger partial charge in [0.25, 0.3) is 5.91 Å². The largest absolute Gasteiger partial charge is 0.459 e. The van der Waals surface area contributed by atoms with Gasteiger partial charge in [0.15, 0.2) is 24.0 Å². The number of rotatable bonds is 12. The maximum atomic E-state index is 16.2. The number of amides is 1. The molecule has 8 N–H and O–H groups in total. The van der Waals surface area contributed by atoms with Gasteiger partial charge in [-0.15, -0.1) is 11.6 Å². The Morgan fingerprint density at radius 2 is 1.57 bits per heavy atom. The highest BCUT2D eigenvalue weighted by Crippen LogP contribution is 2.71. The van der Waals surface area contributed by atoms with Crippen molar-refractivity contribution >= 4 is 29.3 Å². The number of hydrogen-bond donors (Lipinski definition) is 8. The summed E-state index contributed by atoms with van der Waals surface area (Å²) in [5.41, 5.74) is -9.00. The van der Waals surface area contributed by atoms with Crippen LogP contribution >= 0.6 is 11.6 Å². The van der Waals surface area contributed by atoms with E-state index in [0.717, 1.165) is 0 Å². The third-order valence-electron chi connectivity index (χ3n) is 21.5. The lowest BCUT2D eigenvalue weighted by Crippen LogP contribution is -2.69. The Bertz CT molecular complexity index is 2360. The van der Waals surface area contributed by atoms with E-state index in [1.807, 2.05) is 37.7 Å². The molecule has 0 aromatic heterocycles. The van der Waals surface area contributed by atoms with E-state index in [1.54, 1.807) is 75.3 Å². The molecule has 0 aromatic carbocycles. The number of ketones is 1. The van der Waals surface area contributed by atoms with E-state index in [-0.39, 0.29) is 94.0 Å². The summed E-state index contributed by atoms with van der Waals surface area (Å²) in [5, 5.41) is 88.7. The zero-order chi connectivity index (χ0) is 61.4. The molecule has 3 unspecified atom stereocenters. The van der Waals surface area contributed by atoms with Crippen LogP contribution in [-0.2, 0) is 42.8 Å². The first-order valence-corrected chi connectivity index (χ1v) is 30.5. The zero-order valence-corrected chi connectivity index (χ0v) is 52.3. The van der Waals surface area contributed by atoms with Gasteiger partial charge < -0.3 is 74.4 Å². The van der Waals surface area contributed by atoms with Crippen LogP contribution in [-0.4, -0.2) is 211 Å². The minimum Gasteiger partial charge on any atom is -0.459 e. The van der Waals surface area contributed by atoms with Crippen molar-refractivity contribution < 1.29 is 82.9 Å². The standard InChI is InChI=1S/C61H101ClFN3O16/c1-17-45-59(13,75)49(70)36(7)66(22-18-21-64-54(73)61(76)32(3)23-39-40-26-42(63)41-25-38(67)19-20-55(41,9)60(40,62)44(68)28-56(39,61)10)30-31(2)27-57(11,74)51(82-53-47(69)43(65(14)15)24-33(4)78-53)34(5)48(35(6)52(72)80-45)81-46-29-58(12,77-16)50(71)37(8)79-46/h19-20,31-37,39-40,43-51,53,68-71,74-76H,17-18,21-30H2,1-16H3,(H,64,73)/t31-,32-,33-,34+,35-,36-,37?,39?,40?,43-,44+,45-,46-,47-,48+,49-,50-,51-,53+,55+,56+,57-,58+,59-,60+,61+/m1/s1. The average molecular weight is 1190 g/mol. The minimum atomic E-state index is -2.02. The molecule has 21 heteroatoms. The Kier molecular flexibility index (Phi) is 20.3. The first-order valence-electron chi connectivity index (χ1n) is 30.2. The Labute approximate surface area is 490 Å². The topological polar surface area (TPSA) is 267 Å². The van der Waals surface area contributed by atoms with E-state index in [1.165, 1.54) is 20.1 Å². The summed E-state index contributed by atoms with van der Waals surface area (Å²) >= 11 is 7.58. The number of alkyl halides is 1. The van der Waals surface area contributed by atoms with Crippen LogP contribution in [0.5, 0.6) is 0 Å². The first-order chi connectivity index (χ1) is 37.9. The zero-order valence-electron chi connectivity index (χ0n) is 51.6. The molecule has 470 valence electrons. The van der Waals surface area contributed by atoms with Crippen LogP contribution in [0.2, 0.25) is 0 Å². The second-order valence-corrected chi connectivity index (χ2v) is 28.2. The molecule has 26 atom stereocenters. The smallest absolute Gasteiger partial charge is 0.311 e. The van der Waals surface area contributed by atoms with Crippen molar-refractivity contribution in [1.82, 2.24) is 15.1 Å². The molecule has 1 amide bonds. The maximum Gasteiger partial charge on any atom is 0.311 e. The Hall–Kier alpha value is -2.25. The lowest BCUT2D eigenvalue weighted by Gasteiger charge is -2.63. The summed E-state index contributed by atoms with van der Waals surface area (Å²) in [7, 11) is 5.19.